The molecule has 0 amide bonds. The van der Waals surface area contributed by atoms with Gasteiger partial charge in [-0.1, -0.05) is 18.2 Å². The van der Waals surface area contributed by atoms with Crippen LogP contribution in [-0.2, 0) is 0 Å². The highest BCUT2D eigenvalue weighted by atomic mass is 16.5. The van der Waals surface area contributed by atoms with E-state index < -0.39 is 5.97 Å². The van der Waals surface area contributed by atoms with Crippen LogP contribution >= 0.6 is 0 Å². The number of methoxy groups -OCH3 is 3. The van der Waals surface area contributed by atoms with Crippen molar-refractivity contribution in [2.75, 3.05) is 21.3 Å². The second-order valence-corrected chi connectivity index (χ2v) is 6.46. The van der Waals surface area contributed by atoms with Crippen LogP contribution in [0.1, 0.15) is 26.3 Å². The van der Waals surface area contributed by atoms with Gasteiger partial charge in [-0.25, -0.2) is 4.79 Å². The van der Waals surface area contributed by atoms with Crippen LogP contribution in [0.15, 0.2) is 72.8 Å². The summed E-state index contributed by atoms with van der Waals surface area (Å²) in [5, 5.41) is 0. The van der Waals surface area contributed by atoms with Crippen LogP contribution in [0.25, 0.3) is 6.08 Å². The molecular weight excluding hydrogens is 396 g/mol. The first-order valence-corrected chi connectivity index (χ1v) is 9.45. The molecule has 0 aliphatic carbocycles. The molecule has 0 aliphatic heterocycles. The van der Waals surface area contributed by atoms with Gasteiger partial charge in [0.2, 0.25) is 0 Å². The zero-order valence-electron chi connectivity index (χ0n) is 17.5. The van der Waals surface area contributed by atoms with Crippen LogP contribution in [0.5, 0.6) is 23.0 Å². The SMILES string of the molecule is COc1cccc(C=CC(=O)c2ccc(OC(=O)c3ccc(OC)c(OC)c3)cc2)c1. The van der Waals surface area contributed by atoms with E-state index >= 15 is 0 Å². The van der Waals surface area contributed by atoms with E-state index in [0.717, 1.165) is 11.3 Å². The minimum absolute atomic E-state index is 0.166. The zero-order valence-corrected chi connectivity index (χ0v) is 17.5. The Morgan fingerprint density at radius 1 is 0.710 bits per heavy atom. The normalized spacial score (nSPS) is 10.5. The van der Waals surface area contributed by atoms with Crippen LogP contribution in [0.3, 0.4) is 0 Å². The van der Waals surface area contributed by atoms with Gasteiger partial charge in [0, 0.05) is 5.56 Å². The van der Waals surface area contributed by atoms with Gasteiger partial charge >= 0.3 is 5.97 Å². The van der Waals surface area contributed by atoms with Crippen molar-refractivity contribution in [3.8, 4) is 23.0 Å². The summed E-state index contributed by atoms with van der Waals surface area (Å²) in [6, 6.07) is 18.5. The second kappa shape index (κ2) is 10.1. The van der Waals surface area contributed by atoms with E-state index in [0.29, 0.717) is 28.4 Å². The van der Waals surface area contributed by atoms with E-state index in [1.807, 2.05) is 24.3 Å². The average Bonchev–Trinajstić information content (AvgIpc) is 2.82. The van der Waals surface area contributed by atoms with Gasteiger partial charge in [-0.15, -0.1) is 0 Å². The summed E-state index contributed by atoms with van der Waals surface area (Å²) in [6.07, 6.45) is 3.20. The van der Waals surface area contributed by atoms with Crippen molar-refractivity contribution >= 4 is 17.8 Å². The van der Waals surface area contributed by atoms with E-state index in [1.165, 1.54) is 20.3 Å². The lowest BCUT2D eigenvalue weighted by molar-refractivity contribution is 0.0734. The van der Waals surface area contributed by atoms with Gasteiger partial charge in [-0.2, -0.15) is 0 Å². The number of ketones is 1. The molecule has 0 saturated heterocycles. The molecule has 0 N–H and O–H groups in total. The highest BCUT2D eigenvalue weighted by Crippen LogP contribution is 2.28. The van der Waals surface area contributed by atoms with Crippen molar-refractivity contribution in [3.05, 3.63) is 89.5 Å². The van der Waals surface area contributed by atoms with Crippen molar-refractivity contribution in [1.82, 2.24) is 0 Å². The molecule has 0 heterocycles. The maximum absolute atomic E-state index is 12.4. The third-order valence-corrected chi connectivity index (χ3v) is 4.49. The maximum Gasteiger partial charge on any atom is 0.343 e. The van der Waals surface area contributed by atoms with Crippen LogP contribution < -0.4 is 18.9 Å². The number of esters is 1. The van der Waals surface area contributed by atoms with Crippen LogP contribution in [-0.4, -0.2) is 33.1 Å². The molecule has 0 atom stereocenters. The molecule has 0 aliphatic rings. The average molecular weight is 418 g/mol. The summed E-state index contributed by atoms with van der Waals surface area (Å²) >= 11 is 0. The van der Waals surface area contributed by atoms with Gasteiger partial charge in [0.25, 0.3) is 0 Å². The highest BCUT2D eigenvalue weighted by molar-refractivity contribution is 6.06. The summed E-state index contributed by atoms with van der Waals surface area (Å²) in [7, 11) is 4.60. The predicted octanol–water partition coefficient (Wildman–Crippen LogP) is 4.83. The Morgan fingerprint density at radius 3 is 2.10 bits per heavy atom. The van der Waals surface area contributed by atoms with Gasteiger partial charge in [-0.3, -0.25) is 4.79 Å². The first kappa shape index (κ1) is 21.6. The Hall–Kier alpha value is -4.06. The molecule has 0 aromatic heterocycles. The van der Waals surface area contributed by atoms with Crippen molar-refractivity contribution < 1.29 is 28.5 Å². The Kier molecular flexibility index (Phi) is 7.06. The largest absolute Gasteiger partial charge is 0.497 e. The number of rotatable bonds is 8. The minimum Gasteiger partial charge on any atom is -0.497 e. The molecule has 3 aromatic carbocycles. The van der Waals surface area contributed by atoms with E-state index in [2.05, 4.69) is 0 Å². The number of benzene rings is 3. The number of carbonyl (C=O) groups excluding carboxylic acids is 2. The van der Waals surface area contributed by atoms with E-state index in [9.17, 15) is 9.59 Å². The molecule has 0 fully saturated rings. The van der Waals surface area contributed by atoms with Gasteiger partial charge in [0.15, 0.2) is 17.3 Å². The smallest absolute Gasteiger partial charge is 0.343 e. The predicted molar refractivity (Wildman–Crippen MR) is 117 cm³/mol. The third-order valence-electron chi connectivity index (χ3n) is 4.49. The number of hydrogen-bond donors (Lipinski definition) is 0. The molecule has 0 saturated carbocycles. The lowest BCUT2D eigenvalue weighted by Crippen LogP contribution is -2.09. The maximum atomic E-state index is 12.4. The van der Waals surface area contributed by atoms with E-state index in [1.54, 1.807) is 55.7 Å². The van der Waals surface area contributed by atoms with Gasteiger partial charge in [0.05, 0.1) is 26.9 Å². The van der Waals surface area contributed by atoms with E-state index in [4.69, 9.17) is 18.9 Å². The first-order chi connectivity index (χ1) is 15.0. The number of ether oxygens (including phenoxy) is 4. The summed E-state index contributed by atoms with van der Waals surface area (Å²) in [4.78, 5) is 24.8. The Morgan fingerprint density at radius 2 is 1.42 bits per heavy atom. The molecule has 6 heteroatoms. The Bertz CT molecular complexity index is 1100. The van der Waals surface area contributed by atoms with Gasteiger partial charge < -0.3 is 18.9 Å². The number of carbonyl (C=O) groups is 2. The zero-order chi connectivity index (χ0) is 22.2. The van der Waals surface area contributed by atoms with E-state index in [-0.39, 0.29) is 5.78 Å². The molecule has 3 aromatic rings. The molecule has 0 bridgehead atoms. The molecule has 0 spiro atoms. The monoisotopic (exact) mass is 418 g/mol. The molecular formula is C25H22O6. The topological polar surface area (TPSA) is 71.1 Å². The molecule has 31 heavy (non-hydrogen) atoms. The Labute approximate surface area is 180 Å². The van der Waals surface area contributed by atoms with Gasteiger partial charge in [0.1, 0.15) is 11.5 Å². The lowest BCUT2D eigenvalue weighted by Gasteiger charge is -2.09. The molecule has 0 unspecified atom stereocenters. The highest BCUT2D eigenvalue weighted by Gasteiger charge is 2.13. The van der Waals surface area contributed by atoms with Crippen molar-refractivity contribution in [3.63, 3.8) is 0 Å². The summed E-state index contributed by atoms with van der Waals surface area (Å²) in [6.45, 7) is 0. The summed E-state index contributed by atoms with van der Waals surface area (Å²) in [5.41, 5.74) is 1.65. The van der Waals surface area contributed by atoms with Crippen LogP contribution in [0.2, 0.25) is 0 Å². The van der Waals surface area contributed by atoms with Crippen molar-refractivity contribution in [2.45, 2.75) is 0 Å². The molecule has 158 valence electrons. The summed E-state index contributed by atoms with van der Waals surface area (Å²) in [5.74, 6) is 1.28. The minimum atomic E-state index is -0.544. The lowest BCUT2D eigenvalue weighted by atomic mass is 10.1. The standard InChI is InChI=1S/C25H22O6/c1-28-21-6-4-5-17(15-21)7-13-22(26)18-8-11-20(12-9-18)31-25(27)19-10-14-23(29-2)24(16-19)30-3/h4-16H,1-3H3. The third kappa shape index (κ3) is 5.51. The fourth-order valence-electron chi connectivity index (χ4n) is 2.83. The van der Waals surface area contributed by atoms with Crippen molar-refractivity contribution in [1.29, 1.82) is 0 Å². The fraction of sp³-hybridized carbons (Fsp3) is 0.120. The van der Waals surface area contributed by atoms with Gasteiger partial charge in [-0.05, 0) is 66.2 Å². The Balaban J connectivity index is 1.66. The summed E-state index contributed by atoms with van der Waals surface area (Å²) < 4.78 is 20.9. The molecule has 3 rings (SSSR count). The van der Waals surface area contributed by atoms with Crippen LogP contribution in [0.4, 0.5) is 0 Å². The van der Waals surface area contributed by atoms with Crippen LogP contribution in [0, 0.1) is 0 Å². The quantitative estimate of drug-likeness (QED) is 0.226. The van der Waals surface area contributed by atoms with Crippen molar-refractivity contribution in [2.24, 2.45) is 0 Å². The second-order valence-electron chi connectivity index (χ2n) is 6.46. The molecule has 0 radical (unpaired) electrons. The number of hydrogen-bond acceptors (Lipinski definition) is 6. The fourth-order valence-corrected chi connectivity index (χ4v) is 2.83. The first-order valence-electron chi connectivity index (χ1n) is 9.45. The number of allylic oxidation sites excluding steroid dienone is 1. The molecule has 6 nitrogen and oxygen atoms in total.